The van der Waals surface area contributed by atoms with Crippen LogP contribution in [0.3, 0.4) is 0 Å². The maximum absolute atomic E-state index is 11.9. The van der Waals surface area contributed by atoms with Crippen LogP contribution in [0.25, 0.3) is 5.57 Å². The normalized spacial score (nSPS) is 22.6. The lowest BCUT2D eigenvalue weighted by molar-refractivity contribution is 0.100. The monoisotopic (exact) mass is 437 g/mol. The van der Waals surface area contributed by atoms with Gasteiger partial charge in [-0.3, -0.25) is 9.69 Å². The van der Waals surface area contributed by atoms with Crippen molar-refractivity contribution in [3.63, 3.8) is 0 Å². The number of carbonyl (C=O) groups is 1. The van der Waals surface area contributed by atoms with E-state index in [0.29, 0.717) is 17.5 Å². The Balaban J connectivity index is 1.51. The molecule has 1 saturated heterocycles. The molecule has 0 unspecified atom stereocenters. The summed E-state index contributed by atoms with van der Waals surface area (Å²) in [5.74, 6) is 0.355. The quantitative estimate of drug-likeness (QED) is 0.697. The van der Waals surface area contributed by atoms with Crippen LogP contribution in [-0.2, 0) is 0 Å². The van der Waals surface area contributed by atoms with E-state index in [9.17, 15) is 4.79 Å². The fourth-order valence-corrected chi connectivity index (χ4v) is 5.09. The highest BCUT2D eigenvalue weighted by Gasteiger charge is 2.28. The number of piperazine rings is 1. The maximum atomic E-state index is 11.9. The van der Waals surface area contributed by atoms with Crippen molar-refractivity contribution in [3.8, 4) is 0 Å². The standard InChI is InChI=1S/C26H32ClN3O/c1-18-7-8-21(24(15-18)20-9-11-22(27)12-10-20)17-29-13-14-30(16-19(29)2)25-6-4-3-5-23(25)26(28)31/h3-6,9-12,18-19H,7-8,13-17H2,1-2H3,(H2,28,31)/t18-,19-/m1/s1. The van der Waals surface area contributed by atoms with Crippen molar-refractivity contribution >= 4 is 28.8 Å². The molecule has 0 bridgehead atoms. The second-order valence-corrected chi connectivity index (χ2v) is 9.52. The number of hydrogen-bond acceptors (Lipinski definition) is 3. The van der Waals surface area contributed by atoms with Crippen LogP contribution in [0.1, 0.15) is 49.0 Å². The van der Waals surface area contributed by atoms with Crippen molar-refractivity contribution in [3.05, 3.63) is 70.3 Å². The van der Waals surface area contributed by atoms with E-state index in [1.165, 1.54) is 17.6 Å². The van der Waals surface area contributed by atoms with Gasteiger partial charge in [0.05, 0.1) is 5.56 Å². The number of para-hydroxylation sites is 1. The number of halogens is 1. The third-order valence-electron chi connectivity index (χ3n) is 6.78. The molecule has 0 saturated carbocycles. The summed E-state index contributed by atoms with van der Waals surface area (Å²) in [6.07, 6.45) is 3.56. The minimum atomic E-state index is -0.361. The van der Waals surface area contributed by atoms with Gasteiger partial charge in [0.15, 0.2) is 0 Å². The van der Waals surface area contributed by atoms with E-state index in [1.54, 1.807) is 5.57 Å². The molecular weight excluding hydrogens is 406 g/mol. The predicted octanol–water partition coefficient (Wildman–Crippen LogP) is 5.22. The Morgan fingerprint density at radius 2 is 1.84 bits per heavy atom. The molecule has 1 aliphatic carbocycles. The van der Waals surface area contributed by atoms with Gasteiger partial charge in [0.2, 0.25) is 0 Å². The number of rotatable bonds is 5. The minimum Gasteiger partial charge on any atom is -0.368 e. The molecule has 2 aromatic carbocycles. The average molecular weight is 438 g/mol. The molecule has 31 heavy (non-hydrogen) atoms. The first-order valence-corrected chi connectivity index (χ1v) is 11.6. The van der Waals surface area contributed by atoms with Crippen LogP contribution in [-0.4, -0.2) is 43.0 Å². The Kier molecular flexibility index (Phi) is 6.68. The lowest BCUT2D eigenvalue weighted by atomic mass is 9.81. The summed E-state index contributed by atoms with van der Waals surface area (Å²) in [6, 6.07) is 16.4. The van der Waals surface area contributed by atoms with Gasteiger partial charge in [-0.1, -0.05) is 48.4 Å². The molecule has 164 valence electrons. The zero-order valence-corrected chi connectivity index (χ0v) is 19.2. The first-order chi connectivity index (χ1) is 14.9. The first kappa shape index (κ1) is 21.9. The molecule has 4 rings (SSSR count). The predicted molar refractivity (Wildman–Crippen MR) is 130 cm³/mol. The number of amides is 1. The van der Waals surface area contributed by atoms with E-state index in [4.69, 9.17) is 17.3 Å². The molecule has 0 spiro atoms. The van der Waals surface area contributed by atoms with Crippen LogP contribution in [0.5, 0.6) is 0 Å². The SMILES string of the molecule is C[C@@H]1CCC(CN2CCN(c3ccccc3C(N)=O)C[C@H]2C)=C(c2ccc(Cl)cc2)C1. The lowest BCUT2D eigenvalue weighted by Crippen LogP contribution is -2.52. The smallest absolute Gasteiger partial charge is 0.250 e. The second-order valence-electron chi connectivity index (χ2n) is 9.08. The Morgan fingerprint density at radius 3 is 2.55 bits per heavy atom. The van der Waals surface area contributed by atoms with Gasteiger partial charge in [0.1, 0.15) is 0 Å². The molecule has 1 heterocycles. The van der Waals surface area contributed by atoms with Gasteiger partial charge in [-0.25, -0.2) is 0 Å². The van der Waals surface area contributed by atoms with Crippen molar-refractivity contribution in [2.75, 3.05) is 31.1 Å². The molecule has 2 atom stereocenters. The zero-order chi connectivity index (χ0) is 22.0. The topological polar surface area (TPSA) is 49.6 Å². The highest BCUT2D eigenvalue weighted by Crippen LogP contribution is 2.37. The van der Waals surface area contributed by atoms with E-state index < -0.39 is 0 Å². The molecule has 2 aliphatic rings. The number of carbonyl (C=O) groups excluding carboxylic acids is 1. The van der Waals surface area contributed by atoms with Crippen molar-refractivity contribution < 1.29 is 4.79 Å². The Morgan fingerprint density at radius 1 is 1.10 bits per heavy atom. The highest BCUT2D eigenvalue weighted by atomic mass is 35.5. The third-order valence-corrected chi connectivity index (χ3v) is 7.03. The van der Waals surface area contributed by atoms with Crippen LogP contribution < -0.4 is 10.6 Å². The largest absolute Gasteiger partial charge is 0.368 e. The number of nitrogens with zero attached hydrogens (tertiary/aromatic N) is 2. The first-order valence-electron chi connectivity index (χ1n) is 11.3. The van der Waals surface area contributed by atoms with Crippen molar-refractivity contribution in [1.29, 1.82) is 0 Å². The molecule has 0 radical (unpaired) electrons. The molecule has 4 nitrogen and oxygen atoms in total. The number of allylic oxidation sites excluding steroid dienone is 1. The average Bonchev–Trinajstić information content (AvgIpc) is 2.77. The van der Waals surface area contributed by atoms with Crippen molar-refractivity contribution in [2.45, 2.75) is 39.2 Å². The Hall–Kier alpha value is -2.30. The van der Waals surface area contributed by atoms with E-state index in [-0.39, 0.29) is 5.91 Å². The zero-order valence-electron chi connectivity index (χ0n) is 18.5. The molecule has 5 heteroatoms. The van der Waals surface area contributed by atoms with Gasteiger partial charge in [0, 0.05) is 42.9 Å². The summed E-state index contributed by atoms with van der Waals surface area (Å²) in [5.41, 5.74) is 11.6. The van der Waals surface area contributed by atoms with Crippen LogP contribution in [0, 0.1) is 5.92 Å². The molecule has 0 aromatic heterocycles. The molecule has 2 N–H and O–H groups in total. The summed E-state index contributed by atoms with van der Waals surface area (Å²) < 4.78 is 0. The lowest BCUT2D eigenvalue weighted by Gasteiger charge is -2.42. The molecular formula is C26H32ClN3O. The summed E-state index contributed by atoms with van der Waals surface area (Å²) >= 11 is 6.13. The van der Waals surface area contributed by atoms with Gasteiger partial charge < -0.3 is 10.6 Å². The van der Waals surface area contributed by atoms with Crippen LogP contribution in [0.4, 0.5) is 5.69 Å². The van der Waals surface area contributed by atoms with Gasteiger partial charge in [-0.2, -0.15) is 0 Å². The number of primary amides is 1. The van der Waals surface area contributed by atoms with Crippen LogP contribution in [0.2, 0.25) is 5.02 Å². The minimum absolute atomic E-state index is 0.361. The Labute approximate surface area is 190 Å². The highest BCUT2D eigenvalue weighted by molar-refractivity contribution is 6.30. The van der Waals surface area contributed by atoms with Gasteiger partial charge in [-0.15, -0.1) is 0 Å². The van der Waals surface area contributed by atoms with Crippen molar-refractivity contribution in [1.82, 2.24) is 4.90 Å². The summed E-state index contributed by atoms with van der Waals surface area (Å²) in [7, 11) is 0. The summed E-state index contributed by atoms with van der Waals surface area (Å²) in [6.45, 7) is 8.41. The second kappa shape index (κ2) is 9.46. The fourth-order valence-electron chi connectivity index (χ4n) is 4.97. The van der Waals surface area contributed by atoms with E-state index in [1.807, 2.05) is 36.4 Å². The Bertz CT molecular complexity index is 969. The third kappa shape index (κ3) is 4.97. The summed E-state index contributed by atoms with van der Waals surface area (Å²) in [4.78, 5) is 16.8. The number of nitrogens with two attached hydrogens (primary N) is 1. The van der Waals surface area contributed by atoms with E-state index in [0.717, 1.165) is 49.7 Å². The number of anilines is 1. The molecule has 1 fully saturated rings. The van der Waals surface area contributed by atoms with Gasteiger partial charge in [-0.05, 0) is 67.5 Å². The number of benzene rings is 2. The van der Waals surface area contributed by atoms with Crippen LogP contribution in [0.15, 0.2) is 54.1 Å². The summed E-state index contributed by atoms with van der Waals surface area (Å²) in [5, 5.41) is 0.788. The van der Waals surface area contributed by atoms with Gasteiger partial charge >= 0.3 is 0 Å². The van der Waals surface area contributed by atoms with Crippen LogP contribution >= 0.6 is 11.6 Å². The van der Waals surface area contributed by atoms with Crippen molar-refractivity contribution in [2.24, 2.45) is 11.7 Å². The maximum Gasteiger partial charge on any atom is 0.250 e. The number of hydrogen-bond donors (Lipinski definition) is 1. The fraction of sp³-hybridized carbons (Fsp3) is 0.423. The van der Waals surface area contributed by atoms with E-state index in [2.05, 4.69) is 35.8 Å². The van der Waals surface area contributed by atoms with E-state index >= 15 is 0 Å². The molecule has 1 amide bonds. The molecule has 2 aromatic rings. The van der Waals surface area contributed by atoms with Gasteiger partial charge in [0.25, 0.3) is 5.91 Å². The molecule has 1 aliphatic heterocycles.